The number of nitrogen functional groups attached to an aromatic ring is 1. The second-order valence-corrected chi connectivity index (χ2v) is 3.05. The lowest BCUT2D eigenvalue weighted by Gasteiger charge is -2.07. The maximum atomic E-state index is 5.51. The van der Waals surface area contributed by atoms with Crippen molar-refractivity contribution < 1.29 is 0 Å². The van der Waals surface area contributed by atoms with Gasteiger partial charge in [-0.25, -0.2) is 9.99 Å². The fourth-order valence-electron chi connectivity index (χ4n) is 0.695. The van der Waals surface area contributed by atoms with Gasteiger partial charge in [0.25, 0.3) is 0 Å². The number of hydrogen-bond donors (Lipinski definition) is 1. The third-order valence-electron chi connectivity index (χ3n) is 1.15. The molecule has 5 heteroatoms. The Morgan fingerprint density at radius 1 is 1.83 bits per heavy atom. The van der Waals surface area contributed by atoms with Crippen LogP contribution < -0.4 is 10.7 Å². The van der Waals surface area contributed by atoms with Crippen molar-refractivity contribution in [1.82, 2.24) is 4.98 Å². The van der Waals surface area contributed by atoms with Crippen LogP contribution in [0.1, 0.15) is 6.92 Å². The van der Waals surface area contributed by atoms with Crippen molar-refractivity contribution in [2.24, 2.45) is 5.10 Å². The summed E-state index contributed by atoms with van der Waals surface area (Å²) in [5.41, 5.74) is 5.51. The topological polar surface area (TPSA) is 54.5 Å². The summed E-state index contributed by atoms with van der Waals surface area (Å²) in [5.74, 6) is 0. The minimum atomic E-state index is 0.670. The number of thiazole rings is 1. The van der Waals surface area contributed by atoms with Crippen molar-refractivity contribution in [1.29, 1.82) is 0 Å². The van der Waals surface area contributed by atoms with E-state index in [9.17, 15) is 0 Å². The minimum Gasteiger partial charge on any atom is -0.389 e. The van der Waals surface area contributed by atoms with E-state index in [0.717, 1.165) is 5.13 Å². The Labute approximate surface area is 75.0 Å². The average molecular weight is 182 g/mol. The molecule has 1 aromatic rings. The Kier molecular flexibility index (Phi) is 2.82. The molecule has 4 nitrogen and oxygen atoms in total. The number of nitrogens with zero attached hydrogens (tertiary/aromatic N) is 3. The lowest BCUT2D eigenvalue weighted by molar-refractivity contribution is 1.07. The van der Waals surface area contributed by atoms with Crippen molar-refractivity contribution in [3.8, 4) is 0 Å². The first-order chi connectivity index (χ1) is 5.77. The molecule has 1 rings (SSSR count). The smallest absolute Gasteiger partial charge is 0.212 e. The maximum absolute atomic E-state index is 5.51. The SMILES string of the molecule is C=NN(/C=C\C)c1ncc(N)s1. The molecule has 1 heterocycles. The van der Waals surface area contributed by atoms with Gasteiger partial charge in [0.1, 0.15) is 5.00 Å². The van der Waals surface area contributed by atoms with E-state index in [1.807, 2.05) is 13.0 Å². The number of aromatic nitrogens is 1. The molecule has 12 heavy (non-hydrogen) atoms. The molecule has 0 saturated heterocycles. The van der Waals surface area contributed by atoms with Crippen molar-refractivity contribution in [2.45, 2.75) is 6.92 Å². The van der Waals surface area contributed by atoms with Crippen LogP contribution >= 0.6 is 11.3 Å². The molecule has 0 fully saturated rings. The van der Waals surface area contributed by atoms with Gasteiger partial charge in [0.2, 0.25) is 5.13 Å². The zero-order chi connectivity index (χ0) is 8.97. The van der Waals surface area contributed by atoms with Crippen LogP contribution in [0.3, 0.4) is 0 Å². The minimum absolute atomic E-state index is 0.670. The van der Waals surface area contributed by atoms with Crippen LogP contribution in [-0.2, 0) is 0 Å². The molecule has 0 aliphatic rings. The Bertz CT molecular complexity index is 291. The summed E-state index contributed by atoms with van der Waals surface area (Å²) in [6.07, 6.45) is 5.22. The molecule has 64 valence electrons. The number of rotatable bonds is 3. The van der Waals surface area contributed by atoms with E-state index in [4.69, 9.17) is 5.73 Å². The molecular weight excluding hydrogens is 172 g/mol. The first-order valence-corrected chi connectivity index (χ1v) is 4.19. The highest BCUT2D eigenvalue weighted by atomic mass is 32.1. The monoisotopic (exact) mass is 182 g/mol. The van der Waals surface area contributed by atoms with Crippen molar-refractivity contribution in [2.75, 3.05) is 10.7 Å². The van der Waals surface area contributed by atoms with Gasteiger partial charge in [-0.2, -0.15) is 5.10 Å². The lowest BCUT2D eigenvalue weighted by atomic mass is 10.7. The van der Waals surface area contributed by atoms with Gasteiger partial charge in [-0.15, -0.1) is 0 Å². The summed E-state index contributed by atoms with van der Waals surface area (Å²) in [6.45, 7) is 5.31. The molecule has 0 atom stereocenters. The molecule has 2 N–H and O–H groups in total. The number of nitrogens with two attached hydrogens (primary N) is 1. The van der Waals surface area contributed by atoms with Gasteiger partial charge in [-0.05, 0) is 6.92 Å². The van der Waals surface area contributed by atoms with Gasteiger partial charge in [0.05, 0.1) is 6.20 Å². The highest BCUT2D eigenvalue weighted by molar-refractivity contribution is 7.19. The predicted molar refractivity (Wildman–Crippen MR) is 53.4 cm³/mol. The van der Waals surface area contributed by atoms with Gasteiger partial charge < -0.3 is 5.73 Å². The van der Waals surface area contributed by atoms with Gasteiger partial charge in [-0.3, -0.25) is 0 Å². The number of hydrogen-bond acceptors (Lipinski definition) is 5. The van der Waals surface area contributed by atoms with Crippen molar-refractivity contribution in [3.63, 3.8) is 0 Å². The predicted octanol–water partition coefficient (Wildman–Crippen LogP) is 1.68. The fraction of sp³-hybridized carbons (Fsp3) is 0.143. The Morgan fingerprint density at radius 2 is 2.58 bits per heavy atom. The highest BCUT2D eigenvalue weighted by Crippen LogP contribution is 2.24. The van der Waals surface area contributed by atoms with E-state index >= 15 is 0 Å². The largest absolute Gasteiger partial charge is 0.389 e. The van der Waals surface area contributed by atoms with Crippen molar-refractivity contribution in [3.05, 3.63) is 18.5 Å². The Morgan fingerprint density at radius 3 is 3.00 bits per heavy atom. The molecule has 0 aromatic carbocycles. The highest BCUT2D eigenvalue weighted by Gasteiger charge is 2.03. The molecule has 1 aromatic heterocycles. The van der Waals surface area contributed by atoms with Gasteiger partial charge in [0, 0.05) is 12.9 Å². The fourth-order valence-corrected chi connectivity index (χ4v) is 1.33. The Balaban J connectivity index is 2.86. The van der Waals surface area contributed by atoms with Crippen LogP contribution in [0.4, 0.5) is 10.1 Å². The summed E-state index contributed by atoms with van der Waals surface area (Å²) >= 11 is 1.37. The van der Waals surface area contributed by atoms with E-state index in [0.29, 0.717) is 5.00 Å². The first-order valence-electron chi connectivity index (χ1n) is 3.38. The van der Waals surface area contributed by atoms with Gasteiger partial charge in [-0.1, -0.05) is 17.4 Å². The second kappa shape index (κ2) is 3.87. The van der Waals surface area contributed by atoms with Crippen LogP contribution in [0, 0.1) is 0 Å². The molecule has 0 aliphatic carbocycles. The van der Waals surface area contributed by atoms with Gasteiger partial charge in [0.15, 0.2) is 0 Å². The van der Waals surface area contributed by atoms with E-state index < -0.39 is 0 Å². The molecule has 0 aliphatic heterocycles. The molecule has 0 amide bonds. The molecule has 0 bridgehead atoms. The van der Waals surface area contributed by atoms with E-state index in [2.05, 4.69) is 16.8 Å². The standard InChI is InChI=1S/C7H10N4S/c1-3-4-11(9-2)7-10-5-6(8)12-7/h3-5H,2,8H2,1H3/b4-3-. The summed E-state index contributed by atoms with van der Waals surface area (Å²) in [4.78, 5) is 4.04. The van der Waals surface area contributed by atoms with Crippen LogP contribution in [0.2, 0.25) is 0 Å². The van der Waals surface area contributed by atoms with E-state index in [-0.39, 0.29) is 0 Å². The maximum Gasteiger partial charge on any atom is 0.212 e. The molecule has 0 spiro atoms. The molecule has 0 unspecified atom stereocenters. The summed E-state index contributed by atoms with van der Waals surface area (Å²) in [5, 5.41) is 6.71. The third-order valence-corrected chi connectivity index (χ3v) is 1.97. The van der Waals surface area contributed by atoms with E-state index in [1.54, 1.807) is 17.4 Å². The molecule has 0 radical (unpaired) electrons. The quantitative estimate of drug-likeness (QED) is 0.571. The number of hydrazone groups is 1. The zero-order valence-corrected chi connectivity index (χ0v) is 7.58. The average Bonchev–Trinajstić information content (AvgIpc) is 2.47. The van der Waals surface area contributed by atoms with E-state index in [1.165, 1.54) is 11.3 Å². The number of anilines is 2. The van der Waals surface area contributed by atoms with Crippen LogP contribution in [-0.4, -0.2) is 11.7 Å². The number of allylic oxidation sites excluding steroid dienone is 1. The van der Waals surface area contributed by atoms with Crippen LogP contribution in [0.5, 0.6) is 0 Å². The zero-order valence-electron chi connectivity index (χ0n) is 6.77. The second-order valence-electron chi connectivity index (χ2n) is 2.01. The lowest BCUT2D eigenvalue weighted by Crippen LogP contribution is -2.04. The first kappa shape index (κ1) is 8.73. The summed E-state index contributed by atoms with van der Waals surface area (Å²) in [7, 11) is 0. The molecular formula is C7H10N4S. The Hall–Kier alpha value is -1.36. The van der Waals surface area contributed by atoms with Crippen molar-refractivity contribution >= 4 is 28.2 Å². The molecule has 0 saturated carbocycles. The third kappa shape index (κ3) is 1.82. The normalized spacial score (nSPS) is 10.4. The van der Waals surface area contributed by atoms with Crippen LogP contribution in [0.15, 0.2) is 23.6 Å². The van der Waals surface area contributed by atoms with Crippen LogP contribution in [0.25, 0.3) is 0 Å². The van der Waals surface area contributed by atoms with Gasteiger partial charge >= 0.3 is 0 Å². The summed E-state index contributed by atoms with van der Waals surface area (Å²) in [6, 6.07) is 0. The summed E-state index contributed by atoms with van der Waals surface area (Å²) < 4.78 is 0.